The second kappa shape index (κ2) is 6.35. The SMILES string of the molecule is Cc1cnccc1-c1c2ccc(CC3CCCC3)cc2cc[n+]1C. The normalized spacial score (nSPS) is 15.2. The average Bonchev–Trinajstić information content (AvgIpc) is 3.09. The molecule has 0 spiro atoms. The van der Waals surface area contributed by atoms with Gasteiger partial charge in [0.1, 0.15) is 7.05 Å². The summed E-state index contributed by atoms with van der Waals surface area (Å²) in [5.74, 6) is 0.893. The molecule has 0 unspecified atom stereocenters. The number of hydrogen-bond donors (Lipinski definition) is 0. The lowest BCUT2D eigenvalue weighted by Crippen LogP contribution is -2.30. The summed E-state index contributed by atoms with van der Waals surface area (Å²) in [5.41, 5.74) is 5.25. The van der Waals surface area contributed by atoms with Crippen LogP contribution in [0.4, 0.5) is 0 Å². The maximum atomic E-state index is 4.24. The Bertz CT molecular complexity index is 876. The number of hydrogen-bond acceptors (Lipinski definition) is 1. The Labute approximate surface area is 144 Å². The number of aromatic nitrogens is 2. The van der Waals surface area contributed by atoms with Crippen LogP contribution in [0.15, 0.2) is 48.9 Å². The van der Waals surface area contributed by atoms with Crippen molar-refractivity contribution in [1.82, 2.24) is 4.98 Å². The van der Waals surface area contributed by atoms with Crippen LogP contribution in [0, 0.1) is 12.8 Å². The summed E-state index contributed by atoms with van der Waals surface area (Å²) in [5, 5.41) is 2.67. The van der Waals surface area contributed by atoms with Crippen LogP contribution in [-0.2, 0) is 13.5 Å². The fourth-order valence-corrected chi connectivity index (χ4v) is 4.17. The zero-order valence-corrected chi connectivity index (χ0v) is 14.6. The van der Waals surface area contributed by atoms with Crippen LogP contribution >= 0.6 is 0 Å². The maximum absolute atomic E-state index is 4.24. The number of aryl methyl sites for hydroxylation is 2. The average molecular weight is 317 g/mol. The van der Waals surface area contributed by atoms with E-state index in [1.807, 2.05) is 12.4 Å². The lowest BCUT2D eigenvalue weighted by Gasteiger charge is -2.11. The van der Waals surface area contributed by atoms with Gasteiger partial charge in [0.05, 0.1) is 10.9 Å². The Morgan fingerprint density at radius 1 is 1.12 bits per heavy atom. The lowest BCUT2D eigenvalue weighted by atomic mass is 9.94. The Morgan fingerprint density at radius 2 is 1.96 bits per heavy atom. The highest BCUT2D eigenvalue weighted by atomic mass is 14.9. The van der Waals surface area contributed by atoms with Gasteiger partial charge in [0.25, 0.3) is 0 Å². The van der Waals surface area contributed by atoms with Crippen molar-refractivity contribution < 1.29 is 4.57 Å². The summed E-state index contributed by atoms with van der Waals surface area (Å²) in [6.45, 7) is 2.13. The topological polar surface area (TPSA) is 16.8 Å². The number of pyridine rings is 2. The molecule has 0 radical (unpaired) electrons. The van der Waals surface area contributed by atoms with Gasteiger partial charge in [-0.25, -0.2) is 4.57 Å². The molecule has 1 aromatic carbocycles. The van der Waals surface area contributed by atoms with Crippen LogP contribution in [0.2, 0.25) is 0 Å². The molecule has 4 rings (SSSR count). The molecule has 1 fully saturated rings. The first kappa shape index (κ1) is 15.3. The van der Waals surface area contributed by atoms with E-state index in [-0.39, 0.29) is 0 Å². The Hall–Kier alpha value is -2.22. The van der Waals surface area contributed by atoms with E-state index in [1.54, 1.807) is 0 Å². The van der Waals surface area contributed by atoms with Gasteiger partial charge in [0.2, 0.25) is 5.69 Å². The van der Waals surface area contributed by atoms with Crippen LogP contribution in [0.25, 0.3) is 22.0 Å². The molecule has 0 amide bonds. The summed E-state index contributed by atoms with van der Waals surface area (Å²) < 4.78 is 2.22. The van der Waals surface area contributed by atoms with Crippen molar-refractivity contribution in [3.8, 4) is 11.3 Å². The third-order valence-electron chi connectivity index (χ3n) is 5.48. The minimum atomic E-state index is 0.893. The van der Waals surface area contributed by atoms with Crippen molar-refractivity contribution in [2.75, 3.05) is 0 Å². The monoisotopic (exact) mass is 317 g/mol. The molecule has 2 heterocycles. The molecule has 1 aliphatic carbocycles. The second-order valence-electron chi connectivity index (χ2n) is 7.24. The van der Waals surface area contributed by atoms with Gasteiger partial charge in [0.15, 0.2) is 6.20 Å². The highest BCUT2D eigenvalue weighted by molar-refractivity contribution is 5.93. The summed E-state index contributed by atoms with van der Waals surface area (Å²) in [4.78, 5) is 4.24. The predicted octanol–water partition coefficient (Wildman–Crippen LogP) is 4.77. The van der Waals surface area contributed by atoms with Crippen molar-refractivity contribution in [2.45, 2.75) is 39.0 Å². The lowest BCUT2D eigenvalue weighted by molar-refractivity contribution is -0.659. The first-order valence-corrected chi connectivity index (χ1v) is 9.04. The minimum Gasteiger partial charge on any atom is -0.264 e. The molecule has 0 bridgehead atoms. The highest BCUT2D eigenvalue weighted by Gasteiger charge is 2.19. The van der Waals surface area contributed by atoms with E-state index in [9.17, 15) is 0 Å². The van der Waals surface area contributed by atoms with E-state index < -0.39 is 0 Å². The van der Waals surface area contributed by atoms with Crippen LogP contribution in [0.3, 0.4) is 0 Å². The van der Waals surface area contributed by atoms with Gasteiger partial charge >= 0.3 is 0 Å². The van der Waals surface area contributed by atoms with Crippen LogP contribution in [-0.4, -0.2) is 4.98 Å². The zero-order chi connectivity index (χ0) is 16.5. The highest BCUT2D eigenvalue weighted by Crippen LogP contribution is 2.31. The molecular weight excluding hydrogens is 292 g/mol. The molecule has 2 heteroatoms. The van der Waals surface area contributed by atoms with Gasteiger partial charge < -0.3 is 0 Å². The van der Waals surface area contributed by atoms with Gasteiger partial charge in [-0.2, -0.15) is 0 Å². The van der Waals surface area contributed by atoms with E-state index in [2.05, 4.69) is 60.1 Å². The van der Waals surface area contributed by atoms with E-state index in [1.165, 1.54) is 65.3 Å². The minimum absolute atomic E-state index is 0.893. The summed E-state index contributed by atoms with van der Waals surface area (Å²) >= 11 is 0. The fourth-order valence-electron chi connectivity index (χ4n) is 4.17. The molecule has 2 aromatic heterocycles. The molecule has 3 aromatic rings. The van der Waals surface area contributed by atoms with Crippen molar-refractivity contribution >= 4 is 10.8 Å². The third-order valence-corrected chi connectivity index (χ3v) is 5.48. The van der Waals surface area contributed by atoms with Crippen LogP contribution in [0.5, 0.6) is 0 Å². The Balaban J connectivity index is 1.80. The predicted molar refractivity (Wildman–Crippen MR) is 98.8 cm³/mol. The molecule has 0 saturated heterocycles. The van der Waals surface area contributed by atoms with Gasteiger partial charge in [-0.15, -0.1) is 0 Å². The molecule has 24 heavy (non-hydrogen) atoms. The smallest absolute Gasteiger partial charge is 0.220 e. The first-order chi connectivity index (χ1) is 11.7. The molecule has 0 atom stereocenters. The van der Waals surface area contributed by atoms with Crippen molar-refractivity contribution in [1.29, 1.82) is 0 Å². The summed E-state index contributed by atoms with van der Waals surface area (Å²) in [6, 6.07) is 11.4. The molecule has 122 valence electrons. The van der Waals surface area contributed by atoms with E-state index in [0.717, 1.165) is 5.92 Å². The molecule has 1 aliphatic rings. The van der Waals surface area contributed by atoms with Gasteiger partial charge in [-0.05, 0) is 47.9 Å². The molecule has 0 aliphatic heterocycles. The van der Waals surface area contributed by atoms with Crippen LogP contribution < -0.4 is 4.57 Å². The summed E-state index contributed by atoms with van der Waals surface area (Å²) in [6.07, 6.45) is 12.9. The second-order valence-corrected chi connectivity index (χ2v) is 7.24. The fraction of sp³-hybridized carbons (Fsp3) is 0.364. The van der Waals surface area contributed by atoms with E-state index >= 15 is 0 Å². The summed E-state index contributed by atoms with van der Waals surface area (Å²) in [7, 11) is 2.13. The number of rotatable bonds is 3. The van der Waals surface area contributed by atoms with Crippen molar-refractivity contribution in [2.24, 2.45) is 13.0 Å². The van der Waals surface area contributed by atoms with Gasteiger partial charge in [0, 0.05) is 18.5 Å². The number of benzene rings is 1. The van der Waals surface area contributed by atoms with Gasteiger partial charge in [-0.3, -0.25) is 4.98 Å². The van der Waals surface area contributed by atoms with Crippen molar-refractivity contribution in [3.05, 3.63) is 60.0 Å². The van der Waals surface area contributed by atoms with E-state index in [4.69, 9.17) is 0 Å². The number of fused-ring (bicyclic) bond motifs is 1. The quantitative estimate of drug-likeness (QED) is 0.636. The van der Waals surface area contributed by atoms with Gasteiger partial charge in [-0.1, -0.05) is 37.8 Å². The number of nitrogens with zero attached hydrogens (tertiary/aromatic N) is 2. The van der Waals surface area contributed by atoms with Crippen molar-refractivity contribution in [3.63, 3.8) is 0 Å². The maximum Gasteiger partial charge on any atom is 0.220 e. The standard InChI is InChI=1S/C22H25N2/c1-16-15-23-11-9-20(16)22-21-8-7-18(13-17-5-3-4-6-17)14-19(21)10-12-24(22)2/h7-12,14-15,17H,3-6,13H2,1-2H3/q+1. The zero-order valence-electron chi connectivity index (χ0n) is 14.6. The Kier molecular flexibility index (Phi) is 4.05. The Morgan fingerprint density at radius 3 is 2.75 bits per heavy atom. The van der Waals surface area contributed by atoms with Crippen LogP contribution in [0.1, 0.15) is 36.8 Å². The molecule has 0 N–H and O–H groups in total. The largest absolute Gasteiger partial charge is 0.264 e. The van der Waals surface area contributed by atoms with E-state index in [0.29, 0.717) is 0 Å². The molecule has 2 nitrogen and oxygen atoms in total. The third kappa shape index (κ3) is 2.82. The molecule has 1 saturated carbocycles. The first-order valence-electron chi connectivity index (χ1n) is 9.04. The molecular formula is C22H25N2+.